The van der Waals surface area contributed by atoms with Gasteiger partial charge in [-0.2, -0.15) is 0 Å². The highest BCUT2D eigenvalue weighted by molar-refractivity contribution is 5.29. The Labute approximate surface area is 71.1 Å². The smallest absolute Gasteiger partial charge is 0.115 e. The molecule has 1 aliphatic rings. The van der Waals surface area contributed by atoms with Crippen LogP contribution in [0, 0.1) is 0 Å². The first-order chi connectivity index (χ1) is 5.86. The zero-order valence-electron chi connectivity index (χ0n) is 6.60. The summed E-state index contributed by atoms with van der Waals surface area (Å²) in [7, 11) is 0. The fraction of sp³-hybridized carbons (Fsp3) is 0.200. The predicted octanol–water partition coefficient (Wildman–Crippen LogP) is 2.02. The quantitative estimate of drug-likeness (QED) is 0.640. The van der Waals surface area contributed by atoms with E-state index in [1.807, 2.05) is 24.3 Å². The van der Waals surface area contributed by atoms with Crippen LogP contribution in [0.3, 0.4) is 0 Å². The van der Waals surface area contributed by atoms with Crippen molar-refractivity contribution >= 4 is 0 Å². The van der Waals surface area contributed by atoms with Crippen LogP contribution < -0.4 is 0 Å². The SMILES string of the molecule is Oc1ccc([C@H]2C=CCO2)cc1. The maximum absolute atomic E-state index is 9.04. The van der Waals surface area contributed by atoms with E-state index in [4.69, 9.17) is 9.84 Å². The van der Waals surface area contributed by atoms with E-state index < -0.39 is 0 Å². The lowest BCUT2D eigenvalue weighted by Crippen LogP contribution is -1.94. The molecule has 1 aromatic carbocycles. The first-order valence-corrected chi connectivity index (χ1v) is 3.93. The molecule has 1 aliphatic heterocycles. The average Bonchev–Trinajstić information content (AvgIpc) is 2.58. The molecule has 62 valence electrons. The van der Waals surface area contributed by atoms with Gasteiger partial charge in [0, 0.05) is 0 Å². The molecule has 1 aromatic rings. The normalized spacial score (nSPS) is 21.5. The van der Waals surface area contributed by atoms with Crippen molar-refractivity contribution in [3.05, 3.63) is 42.0 Å². The number of rotatable bonds is 1. The van der Waals surface area contributed by atoms with Gasteiger partial charge in [-0.3, -0.25) is 0 Å². The Morgan fingerprint density at radius 3 is 2.58 bits per heavy atom. The van der Waals surface area contributed by atoms with Gasteiger partial charge in [-0.15, -0.1) is 0 Å². The lowest BCUT2D eigenvalue weighted by molar-refractivity contribution is 0.129. The second kappa shape index (κ2) is 2.99. The number of hydrogen-bond acceptors (Lipinski definition) is 2. The predicted molar refractivity (Wildman–Crippen MR) is 45.9 cm³/mol. The van der Waals surface area contributed by atoms with Gasteiger partial charge in [0.05, 0.1) is 6.61 Å². The van der Waals surface area contributed by atoms with Gasteiger partial charge in [0.1, 0.15) is 11.9 Å². The highest BCUT2D eigenvalue weighted by atomic mass is 16.5. The third-order valence-electron chi connectivity index (χ3n) is 1.90. The molecule has 0 saturated carbocycles. The van der Waals surface area contributed by atoms with Gasteiger partial charge in [0.25, 0.3) is 0 Å². The van der Waals surface area contributed by atoms with Crippen LogP contribution in [0.4, 0.5) is 0 Å². The summed E-state index contributed by atoms with van der Waals surface area (Å²) in [5.74, 6) is 0.292. The molecule has 2 nitrogen and oxygen atoms in total. The average molecular weight is 162 g/mol. The minimum atomic E-state index is 0.0746. The van der Waals surface area contributed by atoms with Gasteiger partial charge in [0.2, 0.25) is 0 Å². The van der Waals surface area contributed by atoms with Crippen LogP contribution in [0.15, 0.2) is 36.4 Å². The van der Waals surface area contributed by atoms with Crippen LogP contribution >= 0.6 is 0 Å². The number of aromatic hydroxyl groups is 1. The molecule has 12 heavy (non-hydrogen) atoms. The zero-order valence-corrected chi connectivity index (χ0v) is 6.60. The molecule has 0 bridgehead atoms. The van der Waals surface area contributed by atoms with Crippen LogP contribution in [0.5, 0.6) is 5.75 Å². The summed E-state index contributed by atoms with van der Waals surface area (Å²) < 4.78 is 5.39. The molecule has 1 heterocycles. The topological polar surface area (TPSA) is 29.5 Å². The van der Waals surface area contributed by atoms with Gasteiger partial charge in [0.15, 0.2) is 0 Å². The molecule has 1 atom stereocenters. The molecular formula is C10H10O2. The molecule has 0 aromatic heterocycles. The number of ether oxygens (including phenoxy) is 1. The van der Waals surface area contributed by atoms with E-state index in [1.165, 1.54) is 0 Å². The number of phenolic OH excluding ortho intramolecular Hbond substituents is 1. The van der Waals surface area contributed by atoms with Crippen LogP contribution in [-0.4, -0.2) is 11.7 Å². The van der Waals surface area contributed by atoms with Crippen LogP contribution in [0.25, 0.3) is 0 Å². The summed E-state index contributed by atoms with van der Waals surface area (Å²) in [6.07, 6.45) is 4.09. The van der Waals surface area contributed by atoms with E-state index in [2.05, 4.69) is 0 Å². The summed E-state index contributed by atoms with van der Waals surface area (Å²) in [6.45, 7) is 0.686. The standard InChI is InChI=1S/C10H10O2/c11-9-5-3-8(4-6-9)10-2-1-7-12-10/h1-6,10-11H,7H2/t10-/m1/s1. The Bertz CT molecular complexity index is 287. The molecule has 2 heteroatoms. The summed E-state index contributed by atoms with van der Waals surface area (Å²) in [4.78, 5) is 0. The van der Waals surface area contributed by atoms with E-state index >= 15 is 0 Å². The Morgan fingerprint density at radius 2 is 2.00 bits per heavy atom. The van der Waals surface area contributed by atoms with Crippen molar-refractivity contribution < 1.29 is 9.84 Å². The minimum absolute atomic E-state index is 0.0746. The van der Waals surface area contributed by atoms with E-state index in [-0.39, 0.29) is 6.10 Å². The second-order valence-electron chi connectivity index (χ2n) is 2.77. The van der Waals surface area contributed by atoms with Crippen molar-refractivity contribution in [3.63, 3.8) is 0 Å². The van der Waals surface area contributed by atoms with Gasteiger partial charge in [-0.25, -0.2) is 0 Å². The molecule has 0 saturated heterocycles. The fourth-order valence-corrected chi connectivity index (χ4v) is 1.27. The lowest BCUT2D eigenvalue weighted by atomic mass is 10.1. The van der Waals surface area contributed by atoms with Crippen molar-refractivity contribution in [1.82, 2.24) is 0 Å². The molecule has 1 N–H and O–H groups in total. The molecule has 0 amide bonds. The van der Waals surface area contributed by atoms with Crippen LogP contribution in [-0.2, 0) is 4.74 Å². The largest absolute Gasteiger partial charge is 0.508 e. The van der Waals surface area contributed by atoms with Gasteiger partial charge < -0.3 is 9.84 Å². The molecule has 0 aliphatic carbocycles. The van der Waals surface area contributed by atoms with Gasteiger partial charge in [-0.1, -0.05) is 24.3 Å². The molecule has 0 radical (unpaired) electrons. The third-order valence-corrected chi connectivity index (χ3v) is 1.90. The maximum atomic E-state index is 9.04. The first kappa shape index (κ1) is 7.37. The minimum Gasteiger partial charge on any atom is -0.508 e. The first-order valence-electron chi connectivity index (χ1n) is 3.93. The molecule has 2 rings (SSSR count). The van der Waals surface area contributed by atoms with Crippen LogP contribution in [0.1, 0.15) is 11.7 Å². The summed E-state index contributed by atoms with van der Waals surface area (Å²) >= 11 is 0. The highest BCUT2D eigenvalue weighted by Gasteiger charge is 2.10. The van der Waals surface area contributed by atoms with Crippen LogP contribution in [0.2, 0.25) is 0 Å². The Morgan fingerprint density at radius 1 is 1.25 bits per heavy atom. The second-order valence-corrected chi connectivity index (χ2v) is 2.77. The maximum Gasteiger partial charge on any atom is 0.115 e. The summed E-state index contributed by atoms with van der Waals surface area (Å²) in [5.41, 5.74) is 1.08. The lowest BCUT2D eigenvalue weighted by Gasteiger charge is -2.07. The summed E-state index contributed by atoms with van der Waals surface area (Å²) in [5, 5.41) is 9.04. The van der Waals surface area contributed by atoms with Crippen molar-refractivity contribution in [2.45, 2.75) is 6.10 Å². The number of benzene rings is 1. The Hall–Kier alpha value is -1.28. The van der Waals surface area contributed by atoms with E-state index in [0.29, 0.717) is 12.4 Å². The Balaban J connectivity index is 2.23. The van der Waals surface area contributed by atoms with Crippen molar-refractivity contribution in [2.24, 2.45) is 0 Å². The zero-order chi connectivity index (χ0) is 8.39. The number of hydrogen-bond donors (Lipinski definition) is 1. The van der Waals surface area contributed by atoms with Crippen molar-refractivity contribution in [2.75, 3.05) is 6.61 Å². The van der Waals surface area contributed by atoms with E-state index in [0.717, 1.165) is 5.56 Å². The van der Waals surface area contributed by atoms with Crippen molar-refractivity contribution in [3.8, 4) is 5.75 Å². The fourth-order valence-electron chi connectivity index (χ4n) is 1.27. The van der Waals surface area contributed by atoms with E-state index in [9.17, 15) is 0 Å². The van der Waals surface area contributed by atoms with E-state index in [1.54, 1.807) is 12.1 Å². The number of phenols is 1. The monoisotopic (exact) mass is 162 g/mol. The molecule has 0 fully saturated rings. The Kier molecular flexibility index (Phi) is 1.84. The van der Waals surface area contributed by atoms with Gasteiger partial charge >= 0.3 is 0 Å². The van der Waals surface area contributed by atoms with Crippen molar-refractivity contribution in [1.29, 1.82) is 0 Å². The molecule has 0 unspecified atom stereocenters. The van der Waals surface area contributed by atoms with Gasteiger partial charge in [-0.05, 0) is 17.7 Å². The highest BCUT2D eigenvalue weighted by Crippen LogP contribution is 2.24. The molecular weight excluding hydrogens is 152 g/mol. The molecule has 0 spiro atoms. The third kappa shape index (κ3) is 1.34. The summed E-state index contributed by atoms with van der Waals surface area (Å²) in [6, 6.07) is 7.08.